The van der Waals surface area contributed by atoms with Crippen molar-refractivity contribution < 1.29 is 0 Å². The van der Waals surface area contributed by atoms with Gasteiger partial charge in [0.15, 0.2) is 0 Å². The first-order valence-corrected chi connectivity index (χ1v) is 8.10. The van der Waals surface area contributed by atoms with Gasteiger partial charge < -0.3 is 0 Å². The summed E-state index contributed by atoms with van der Waals surface area (Å²) in [7, 11) is 0. The lowest BCUT2D eigenvalue weighted by Gasteiger charge is -2.36. The van der Waals surface area contributed by atoms with E-state index in [4.69, 9.17) is 0 Å². The summed E-state index contributed by atoms with van der Waals surface area (Å²) < 4.78 is 0. The quantitative estimate of drug-likeness (QED) is 0.515. The molecular weight excluding hydrogens is 218 g/mol. The molecule has 2 heterocycles. The second kappa shape index (κ2) is 11.8. The van der Waals surface area contributed by atoms with Crippen molar-refractivity contribution in [2.75, 3.05) is 13.1 Å². The maximum atomic E-state index is 2.66. The Bertz CT molecular complexity index is 218. The zero-order chi connectivity index (χ0) is 14.7. The van der Waals surface area contributed by atoms with Crippen LogP contribution in [-0.2, 0) is 0 Å². The van der Waals surface area contributed by atoms with Crippen LogP contribution in [-0.4, -0.2) is 24.0 Å². The van der Waals surface area contributed by atoms with Crippen LogP contribution in [0.15, 0.2) is 11.1 Å². The van der Waals surface area contributed by atoms with Gasteiger partial charge in [0.25, 0.3) is 0 Å². The minimum absolute atomic E-state index is 0.807. The molecule has 0 aromatic rings. The highest BCUT2D eigenvalue weighted by atomic mass is 15.2. The molecule has 2 unspecified atom stereocenters. The predicted octanol–water partition coefficient (Wildman–Crippen LogP) is 5.52. The zero-order valence-electron chi connectivity index (χ0n) is 14.4. The van der Waals surface area contributed by atoms with E-state index in [2.05, 4.69) is 25.7 Å². The van der Waals surface area contributed by atoms with Gasteiger partial charge in [-0.25, -0.2) is 0 Å². The molecule has 1 nitrogen and oxygen atoms in total. The number of rotatable bonds is 0. The van der Waals surface area contributed by atoms with Gasteiger partial charge in [-0.1, -0.05) is 59.6 Å². The Balaban J connectivity index is 0. The number of hydrogen-bond donors (Lipinski definition) is 0. The Hall–Kier alpha value is -0.300. The van der Waals surface area contributed by atoms with Crippen molar-refractivity contribution in [1.29, 1.82) is 0 Å². The SMILES string of the molecule is CC.CC.CC.CC1=C(C)C(C)C2CCCN2C1. The fraction of sp³-hybridized carbons (Fsp3) is 0.882. The van der Waals surface area contributed by atoms with E-state index >= 15 is 0 Å². The molecule has 0 aliphatic carbocycles. The van der Waals surface area contributed by atoms with E-state index in [1.54, 1.807) is 11.1 Å². The maximum absolute atomic E-state index is 2.66. The van der Waals surface area contributed by atoms with Gasteiger partial charge in [-0.05, 0) is 39.2 Å². The molecule has 0 radical (unpaired) electrons. The molecule has 0 amide bonds. The summed E-state index contributed by atoms with van der Waals surface area (Å²) >= 11 is 0. The number of fused-ring (bicyclic) bond motifs is 1. The third-order valence-corrected chi connectivity index (χ3v) is 3.79. The second-order valence-corrected chi connectivity index (χ2v) is 4.43. The fourth-order valence-electron chi connectivity index (χ4n) is 2.72. The van der Waals surface area contributed by atoms with Crippen LogP contribution in [0.25, 0.3) is 0 Å². The van der Waals surface area contributed by atoms with Crippen LogP contribution in [0.3, 0.4) is 0 Å². The molecule has 0 spiro atoms. The van der Waals surface area contributed by atoms with E-state index in [1.165, 1.54) is 25.9 Å². The number of hydrogen-bond acceptors (Lipinski definition) is 1. The zero-order valence-corrected chi connectivity index (χ0v) is 14.4. The molecule has 2 rings (SSSR count). The van der Waals surface area contributed by atoms with Crippen LogP contribution in [0.4, 0.5) is 0 Å². The first kappa shape index (κ1) is 20.0. The average molecular weight is 255 g/mol. The van der Waals surface area contributed by atoms with Gasteiger partial charge in [0.05, 0.1) is 0 Å². The summed E-state index contributed by atoms with van der Waals surface area (Å²) in [6.07, 6.45) is 2.83. The lowest BCUT2D eigenvalue weighted by Crippen LogP contribution is -2.40. The maximum Gasteiger partial charge on any atom is 0.0195 e. The minimum Gasteiger partial charge on any atom is -0.296 e. The van der Waals surface area contributed by atoms with Gasteiger partial charge >= 0.3 is 0 Å². The van der Waals surface area contributed by atoms with Gasteiger partial charge in [-0.3, -0.25) is 4.90 Å². The third kappa shape index (κ3) is 5.14. The van der Waals surface area contributed by atoms with Crippen LogP contribution in [0.1, 0.15) is 75.2 Å². The summed E-state index contributed by atoms with van der Waals surface area (Å²) in [5, 5.41) is 0. The Morgan fingerprint density at radius 3 is 1.94 bits per heavy atom. The van der Waals surface area contributed by atoms with Crippen molar-refractivity contribution >= 4 is 0 Å². The molecule has 0 saturated carbocycles. The van der Waals surface area contributed by atoms with E-state index in [0.29, 0.717) is 0 Å². The molecular formula is C17H37N. The first-order valence-electron chi connectivity index (χ1n) is 8.10. The first-order chi connectivity index (χ1) is 8.70. The summed E-state index contributed by atoms with van der Waals surface area (Å²) in [5.41, 5.74) is 3.26. The van der Waals surface area contributed by atoms with Crippen molar-refractivity contribution in [3.63, 3.8) is 0 Å². The molecule has 1 heteroatoms. The normalized spacial score (nSPS) is 25.8. The molecule has 0 aromatic carbocycles. The van der Waals surface area contributed by atoms with Crippen LogP contribution in [0.2, 0.25) is 0 Å². The summed E-state index contributed by atoms with van der Waals surface area (Å²) in [5.74, 6) is 0.807. The van der Waals surface area contributed by atoms with E-state index in [0.717, 1.165) is 12.0 Å². The van der Waals surface area contributed by atoms with Crippen LogP contribution in [0.5, 0.6) is 0 Å². The van der Waals surface area contributed by atoms with Gasteiger partial charge in [0.1, 0.15) is 0 Å². The topological polar surface area (TPSA) is 3.24 Å². The largest absolute Gasteiger partial charge is 0.296 e. The van der Waals surface area contributed by atoms with Crippen molar-refractivity contribution in [1.82, 2.24) is 4.90 Å². The van der Waals surface area contributed by atoms with Gasteiger partial charge in [-0.2, -0.15) is 0 Å². The lowest BCUT2D eigenvalue weighted by atomic mass is 9.86. The highest BCUT2D eigenvalue weighted by Gasteiger charge is 2.33. The molecule has 1 fully saturated rings. The summed E-state index contributed by atoms with van der Waals surface area (Å²) in [6.45, 7) is 21.6. The minimum atomic E-state index is 0.807. The molecule has 18 heavy (non-hydrogen) atoms. The smallest absolute Gasteiger partial charge is 0.0195 e. The Labute approximate surface area is 117 Å². The summed E-state index contributed by atoms with van der Waals surface area (Å²) in [6, 6.07) is 0.869. The Morgan fingerprint density at radius 1 is 0.944 bits per heavy atom. The van der Waals surface area contributed by atoms with E-state index in [1.807, 2.05) is 41.5 Å². The Kier molecular flexibility index (Phi) is 13.1. The van der Waals surface area contributed by atoms with Crippen molar-refractivity contribution in [3.8, 4) is 0 Å². The molecule has 2 aliphatic rings. The molecule has 1 saturated heterocycles. The Morgan fingerprint density at radius 2 is 1.44 bits per heavy atom. The number of nitrogens with zero attached hydrogens (tertiary/aromatic N) is 1. The molecule has 0 aromatic heterocycles. The second-order valence-electron chi connectivity index (χ2n) is 4.43. The van der Waals surface area contributed by atoms with Crippen molar-refractivity contribution in [2.24, 2.45) is 5.92 Å². The summed E-state index contributed by atoms with van der Waals surface area (Å²) in [4.78, 5) is 2.66. The third-order valence-electron chi connectivity index (χ3n) is 3.79. The lowest BCUT2D eigenvalue weighted by molar-refractivity contribution is 0.211. The van der Waals surface area contributed by atoms with Crippen molar-refractivity contribution in [2.45, 2.75) is 81.2 Å². The van der Waals surface area contributed by atoms with E-state index < -0.39 is 0 Å². The monoisotopic (exact) mass is 255 g/mol. The molecule has 2 aliphatic heterocycles. The van der Waals surface area contributed by atoms with Crippen LogP contribution >= 0.6 is 0 Å². The highest BCUT2D eigenvalue weighted by molar-refractivity contribution is 5.20. The van der Waals surface area contributed by atoms with E-state index in [9.17, 15) is 0 Å². The average Bonchev–Trinajstić information content (AvgIpc) is 2.91. The molecule has 110 valence electrons. The van der Waals surface area contributed by atoms with E-state index in [-0.39, 0.29) is 0 Å². The molecule has 0 bridgehead atoms. The van der Waals surface area contributed by atoms with Crippen LogP contribution < -0.4 is 0 Å². The standard InChI is InChI=1S/C11H19N.3C2H6/c1-8-7-12-6-4-5-11(12)10(3)9(8)2;3*1-2/h10-11H,4-7H2,1-3H3;3*1-2H3. The van der Waals surface area contributed by atoms with Crippen molar-refractivity contribution in [3.05, 3.63) is 11.1 Å². The fourth-order valence-corrected chi connectivity index (χ4v) is 2.72. The van der Waals surface area contributed by atoms with Crippen LogP contribution in [0, 0.1) is 5.92 Å². The predicted molar refractivity (Wildman–Crippen MR) is 86.2 cm³/mol. The highest BCUT2D eigenvalue weighted by Crippen LogP contribution is 2.34. The van der Waals surface area contributed by atoms with Gasteiger partial charge in [0, 0.05) is 12.6 Å². The van der Waals surface area contributed by atoms with Gasteiger partial charge in [-0.15, -0.1) is 0 Å². The molecule has 0 N–H and O–H groups in total. The van der Waals surface area contributed by atoms with Gasteiger partial charge in [0.2, 0.25) is 0 Å². The molecule has 2 atom stereocenters.